The number of hydrogen-bond donors (Lipinski definition) is 2. The van der Waals surface area contributed by atoms with Gasteiger partial charge in [-0.2, -0.15) is 4.84 Å². The molecule has 0 saturated carbocycles. The molecule has 20 heavy (non-hydrogen) atoms. The molecule has 0 aliphatic heterocycles. The number of Topliss-reactive ketones (excluding diaryl/α,β-unsaturated/α-hetero) is 1. The average molecular weight is 306 g/mol. The van der Waals surface area contributed by atoms with E-state index in [4.69, 9.17) is 11.8 Å². The molecule has 0 amide bonds. The van der Waals surface area contributed by atoms with E-state index in [1.54, 1.807) is 0 Å². The van der Waals surface area contributed by atoms with Crippen LogP contribution >= 0.6 is 11.8 Å². The zero-order valence-electron chi connectivity index (χ0n) is 13.2. The van der Waals surface area contributed by atoms with Crippen molar-refractivity contribution in [2.45, 2.75) is 96.6 Å². The van der Waals surface area contributed by atoms with Crippen molar-refractivity contribution in [3.63, 3.8) is 0 Å². The summed E-state index contributed by atoms with van der Waals surface area (Å²) in [5.41, 5.74) is -1.58. The lowest BCUT2D eigenvalue weighted by Gasteiger charge is -2.18. The molecule has 1 unspecified atom stereocenters. The van der Waals surface area contributed by atoms with E-state index in [-0.39, 0.29) is 5.78 Å². The minimum absolute atomic E-state index is 0.233. The Hall–Kier alpha value is -0.120. The summed E-state index contributed by atoms with van der Waals surface area (Å²) in [4.78, 5) is 13.7. The molecular formula is C16H32ClNO2. The first-order valence-corrected chi connectivity index (χ1v) is 8.56. The van der Waals surface area contributed by atoms with E-state index >= 15 is 0 Å². The number of rotatable bonds is 14. The molecule has 0 aromatic carbocycles. The highest BCUT2D eigenvalue weighted by atomic mass is 35.5. The molecule has 0 rings (SSSR count). The van der Waals surface area contributed by atoms with Crippen molar-refractivity contribution in [1.29, 1.82) is 0 Å². The van der Waals surface area contributed by atoms with E-state index in [1.807, 2.05) is 0 Å². The molecule has 2 N–H and O–H groups in total. The van der Waals surface area contributed by atoms with Gasteiger partial charge in [-0.1, -0.05) is 71.1 Å². The van der Waals surface area contributed by atoms with Crippen LogP contribution in [0.25, 0.3) is 0 Å². The van der Waals surface area contributed by atoms with Crippen LogP contribution in [-0.2, 0) is 4.79 Å². The fraction of sp³-hybridized carbons (Fsp3) is 0.938. The molecule has 0 fully saturated rings. The van der Waals surface area contributed by atoms with Crippen LogP contribution in [0.1, 0.15) is 90.9 Å². The van der Waals surface area contributed by atoms with E-state index in [1.165, 1.54) is 64.7 Å². The largest absolute Gasteiger partial charge is 0.368 e. The summed E-state index contributed by atoms with van der Waals surface area (Å²) in [7, 11) is 0. The third kappa shape index (κ3) is 10.6. The van der Waals surface area contributed by atoms with Crippen LogP contribution in [-0.4, -0.2) is 16.6 Å². The van der Waals surface area contributed by atoms with E-state index in [0.29, 0.717) is 6.42 Å². The Morgan fingerprint density at radius 2 is 1.35 bits per heavy atom. The summed E-state index contributed by atoms with van der Waals surface area (Å²) in [6.45, 7) is 3.63. The van der Waals surface area contributed by atoms with Gasteiger partial charge in [0, 0.05) is 6.42 Å². The summed E-state index contributed by atoms with van der Waals surface area (Å²) >= 11 is 5.31. The topological polar surface area (TPSA) is 49.3 Å². The van der Waals surface area contributed by atoms with Crippen LogP contribution in [0, 0.1) is 0 Å². The maximum Gasteiger partial charge on any atom is 0.185 e. The molecule has 0 heterocycles. The molecule has 0 saturated heterocycles. The smallest absolute Gasteiger partial charge is 0.185 e. The van der Waals surface area contributed by atoms with Gasteiger partial charge in [-0.25, -0.2) is 0 Å². The molecule has 0 aromatic rings. The first kappa shape index (κ1) is 19.9. The Morgan fingerprint density at radius 3 is 1.75 bits per heavy atom. The van der Waals surface area contributed by atoms with Crippen molar-refractivity contribution in [3.05, 3.63) is 0 Å². The van der Waals surface area contributed by atoms with Crippen LogP contribution < -0.4 is 4.84 Å². The highest BCUT2D eigenvalue weighted by molar-refractivity contribution is 6.15. The van der Waals surface area contributed by atoms with Gasteiger partial charge in [0.1, 0.15) is 0 Å². The Morgan fingerprint density at radius 1 is 0.950 bits per heavy atom. The number of carbonyl (C=O) groups is 1. The highest BCUT2D eigenvalue weighted by Crippen LogP contribution is 2.13. The van der Waals surface area contributed by atoms with Crippen LogP contribution in [0.2, 0.25) is 0 Å². The number of aliphatic hydroxyl groups is 1. The predicted octanol–water partition coefficient (Wildman–Crippen LogP) is 4.71. The minimum atomic E-state index is -1.58. The SMILES string of the molecule is CCCCCCCCCCCCCC(=O)C(C)(O)NCl. The normalized spacial score (nSPS) is 14.2. The maximum atomic E-state index is 11.6. The van der Waals surface area contributed by atoms with E-state index < -0.39 is 5.72 Å². The van der Waals surface area contributed by atoms with E-state index in [2.05, 4.69) is 11.8 Å². The summed E-state index contributed by atoms with van der Waals surface area (Å²) in [6.07, 6.45) is 14.2. The minimum Gasteiger partial charge on any atom is -0.368 e. The molecule has 0 bridgehead atoms. The van der Waals surface area contributed by atoms with Gasteiger partial charge in [0.15, 0.2) is 11.5 Å². The fourth-order valence-electron chi connectivity index (χ4n) is 2.25. The van der Waals surface area contributed by atoms with Gasteiger partial charge in [-0.3, -0.25) is 4.79 Å². The number of unbranched alkanes of at least 4 members (excludes halogenated alkanes) is 10. The lowest BCUT2D eigenvalue weighted by Crippen LogP contribution is -2.44. The second kappa shape index (κ2) is 12.6. The molecule has 120 valence electrons. The van der Waals surface area contributed by atoms with Gasteiger partial charge in [0.2, 0.25) is 0 Å². The molecule has 1 atom stereocenters. The van der Waals surface area contributed by atoms with Gasteiger partial charge < -0.3 is 5.11 Å². The number of ketones is 1. The Bertz CT molecular complexity index is 245. The molecule has 0 aliphatic rings. The molecule has 0 spiro atoms. The molecular weight excluding hydrogens is 274 g/mol. The Kier molecular flexibility index (Phi) is 12.5. The fourth-order valence-corrected chi connectivity index (χ4v) is 2.35. The Labute approximate surface area is 129 Å². The summed E-state index contributed by atoms with van der Waals surface area (Å²) < 4.78 is 0. The summed E-state index contributed by atoms with van der Waals surface area (Å²) in [5.74, 6) is -0.233. The van der Waals surface area contributed by atoms with Crippen LogP contribution in [0.3, 0.4) is 0 Å². The standard InChI is InChI=1S/C16H32ClNO2/c1-3-4-5-6-7-8-9-10-11-12-13-14-15(19)16(2,20)18-17/h18,20H,3-14H2,1-2H3. The quantitative estimate of drug-likeness (QED) is 0.278. The summed E-state index contributed by atoms with van der Waals surface area (Å²) in [6, 6.07) is 0. The van der Waals surface area contributed by atoms with Crippen molar-refractivity contribution in [2.24, 2.45) is 0 Å². The second-order valence-electron chi connectivity index (χ2n) is 5.88. The monoisotopic (exact) mass is 305 g/mol. The van der Waals surface area contributed by atoms with E-state index in [9.17, 15) is 9.90 Å². The zero-order valence-corrected chi connectivity index (χ0v) is 14.0. The van der Waals surface area contributed by atoms with Gasteiger partial charge in [0.25, 0.3) is 0 Å². The number of halogens is 1. The lowest BCUT2D eigenvalue weighted by molar-refractivity contribution is -0.136. The average Bonchev–Trinajstić information content (AvgIpc) is 2.44. The highest BCUT2D eigenvalue weighted by Gasteiger charge is 2.27. The third-order valence-corrected chi connectivity index (χ3v) is 4.10. The molecule has 3 nitrogen and oxygen atoms in total. The molecule has 0 aromatic heterocycles. The van der Waals surface area contributed by atoms with Crippen molar-refractivity contribution < 1.29 is 9.90 Å². The van der Waals surface area contributed by atoms with Gasteiger partial charge >= 0.3 is 0 Å². The Balaban J connectivity index is 3.27. The van der Waals surface area contributed by atoms with Crippen molar-refractivity contribution in [3.8, 4) is 0 Å². The molecule has 4 heteroatoms. The van der Waals surface area contributed by atoms with Crippen molar-refractivity contribution in [2.75, 3.05) is 0 Å². The summed E-state index contributed by atoms with van der Waals surface area (Å²) in [5, 5.41) is 9.56. The maximum absolute atomic E-state index is 11.6. The lowest BCUT2D eigenvalue weighted by atomic mass is 10.0. The second-order valence-corrected chi connectivity index (χ2v) is 6.06. The van der Waals surface area contributed by atoms with Gasteiger partial charge in [-0.05, 0) is 25.1 Å². The first-order valence-electron chi connectivity index (χ1n) is 8.18. The number of hydrogen-bond acceptors (Lipinski definition) is 3. The zero-order chi connectivity index (χ0) is 15.3. The number of nitrogens with one attached hydrogen (secondary N) is 1. The molecule has 0 radical (unpaired) electrons. The van der Waals surface area contributed by atoms with E-state index in [0.717, 1.165) is 12.8 Å². The third-order valence-electron chi connectivity index (χ3n) is 3.73. The first-order chi connectivity index (χ1) is 9.54. The van der Waals surface area contributed by atoms with Gasteiger partial charge in [0.05, 0.1) is 0 Å². The van der Waals surface area contributed by atoms with Crippen LogP contribution in [0.5, 0.6) is 0 Å². The van der Waals surface area contributed by atoms with Crippen molar-refractivity contribution >= 4 is 17.6 Å². The van der Waals surface area contributed by atoms with Crippen molar-refractivity contribution in [1.82, 2.24) is 4.84 Å². The molecule has 0 aliphatic carbocycles. The van der Waals surface area contributed by atoms with Crippen LogP contribution in [0.4, 0.5) is 0 Å². The predicted molar refractivity (Wildman–Crippen MR) is 85.7 cm³/mol. The number of carbonyl (C=O) groups excluding carboxylic acids is 1. The van der Waals surface area contributed by atoms with Gasteiger partial charge in [-0.15, -0.1) is 0 Å². The van der Waals surface area contributed by atoms with Crippen LogP contribution in [0.15, 0.2) is 0 Å².